The van der Waals surface area contributed by atoms with Crippen LogP contribution in [0.3, 0.4) is 0 Å². The molecule has 0 amide bonds. The lowest BCUT2D eigenvalue weighted by Crippen LogP contribution is -2.45. The second-order valence-electron chi connectivity index (χ2n) is 9.29. The lowest BCUT2D eigenvalue weighted by molar-refractivity contribution is -0.154. The number of fused-ring (bicyclic) bond motifs is 5. The summed E-state index contributed by atoms with van der Waals surface area (Å²) in [5, 5.41) is 0. The third-order valence-electron chi connectivity index (χ3n) is 7.76. The molecule has 5 atom stereocenters. The van der Waals surface area contributed by atoms with Crippen molar-refractivity contribution in [2.45, 2.75) is 71.3 Å². The number of benzene rings is 1. The second-order valence-corrected chi connectivity index (χ2v) is 9.29. The van der Waals surface area contributed by atoms with Crippen molar-refractivity contribution in [3.05, 3.63) is 28.8 Å². The van der Waals surface area contributed by atoms with Gasteiger partial charge in [-0.15, -0.1) is 0 Å². The molecule has 0 spiro atoms. The maximum absolute atomic E-state index is 12.3. The number of carbonyl (C=O) groups is 2. The van der Waals surface area contributed by atoms with Crippen LogP contribution in [0.2, 0.25) is 0 Å². The molecule has 158 valence electrons. The molecule has 5 nitrogen and oxygen atoms in total. The molecule has 2 fully saturated rings. The highest BCUT2D eigenvalue weighted by Crippen LogP contribution is 2.61. The quantitative estimate of drug-likeness (QED) is 0.409. The molecule has 0 saturated heterocycles. The van der Waals surface area contributed by atoms with Crippen LogP contribution in [0.4, 0.5) is 0 Å². The number of methoxy groups -OCH3 is 1. The maximum Gasteiger partial charge on any atom is 0.302 e. The molecule has 1 aromatic carbocycles. The lowest BCUT2D eigenvalue weighted by atomic mass is 9.55. The van der Waals surface area contributed by atoms with E-state index < -0.39 is 0 Å². The number of ketones is 1. The normalized spacial score (nSPS) is 32.7. The predicted octanol–water partition coefficient (Wildman–Crippen LogP) is 4.66. The van der Waals surface area contributed by atoms with Crippen LogP contribution in [0.25, 0.3) is 0 Å². The van der Waals surface area contributed by atoms with Crippen molar-refractivity contribution in [1.29, 1.82) is 0 Å². The van der Waals surface area contributed by atoms with E-state index in [1.165, 1.54) is 18.1 Å². The first-order valence-electron chi connectivity index (χ1n) is 10.8. The van der Waals surface area contributed by atoms with Gasteiger partial charge in [0.25, 0.3) is 0 Å². The smallest absolute Gasteiger partial charge is 0.302 e. The van der Waals surface area contributed by atoms with Crippen molar-refractivity contribution >= 4 is 11.8 Å². The van der Waals surface area contributed by atoms with Gasteiger partial charge in [-0.1, -0.05) is 6.92 Å². The van der Waals surface area contributed by atoms with Crippen LogP contribution in [-0.2, 0) is 20.7 Å². The first-order chi connectivity index (χ1) is 13.8. The average molecular weight is 401 g/mol. The molecule has 29 heavy (non-hydrogen) atoms. The number of Topliss-reactive ketones (excluding diaryl/α,β-unsaturated/α-hetero) is 1. The van der Waals surface area contributed by atoms with Gasteiger partial charge in [0.15, 0.2) is 12.6 Å². The Morgan fingerprint density at radius 3 is 2.62 bits per heavy atom. The fourth-order valence-corrected chi connectivity index (χ4v) is 6.46. The van der Waals surface area contributed by atoms with E-state index in [4.69, 9.17) is 14.2 Å². The van der Waals surface area contributed by atoms with Crippen molar-refractivity contribution in [1.82, 2.24) is 0 Å². The summed E-state index contributed by atoms with van der Waals surface area (Å²) >= 11 is 0. The monoisotopic (exact) mass is 400 g/mol. The summed E-state index contributed by atoms with van der Waals surface area (Å²) < 4.78 is 16.5. The van der Waals surface area contributed by atoms with Gasteiger partial charge < -0.3 is 14.2 Å². The molecule has 0 unspecified atom stereocenters. The Kier molecular flexibility index (Phi) is 5.45. The second kappa shape index (κ2) is 7.75. The largest absolute Gasteiger partial charge is 0.467 e. The highest BCUT2D eigenvalue weighted by Gasteiger charge is 2.56. The summed E-state index contributed by atoms with van der Waals surface area (Å²) in [6.07, 6.45) is 6.44. The Balaban J connectivity index is 1.64. The van der Waals surface area contributed by atoms with Crippen LogP contribution in [0, 0.1) is 17.3 Å². The molecule has 0 N–H and O–H groups in total. The van der Waals surface area contributed by atoms with Crippen LogP contribution < -0.4 is 4.74 Å². The Hall–Kier alpha value is -1.88. The first-order valence-corrected chi connectivity index (χ1v) is 10.8. The van der Waals surface area contributed by atoms with E-state index in [1.54, 1.807) is 14.0 Å². The van der Waals surface area contributed by atoms with E-state index in [2.05, 4.69) is 19.1 Å². The van der Waals surface area contributed by atoms with Crippen LogP contribution in [-0.4, -0.2) is 31.8 Å². The van der Waals surface area contributed by atoms with E-state index in [0.717, 1.165) is 38.5 Å². The van der Waals surface area contributed by atoms with E-state index in [1.807, 2.05) is 0 Å². The Labute approximate surface area is 173 Å². The summed E-state index contributed by atoms with van der Waals surface area (Å²) in [6, 6.07) is 4.14. The van der Waals surface area contributed by atoms with E-state index in [9.17, 15) is 9.59 Å². The molecule has 0 radical (unpaired) electrons. The van der Waals surface area contributed by atoms with Gasteiger partial charge in [0, 0.05) is 19.4 Å². The number of aryl methyl sites for hydroxylation is 1. The summed E-state index contributed by atoms with van der Waals surface area (Å²) in [7, 11) is 1.58. The Morgan fingerprint density at radius 2 is 1.93 bits per heavy atom. The van der Waals surface area contributed by atoms with Crippen LogP contribution in [0.5, 0.6) is 5.75 Å². The van der Waals surface area contributed by atoms with Crippen molar-refractivity contribution in [2.75, 3.05) is 13.9 Å². The number of hydrogen-bond donors (Lipinski definition) is 0. The molecule has 0 aromatic heterocycles. The maximum atomic E-state index is 12.3. The molecule has 3 aliphatic rings. The SMILES string of the molecule is COCOc1cc2c(cc1C(C)=O)[C@H]1CC[C@]3(C)[C@@H](OC(C)=O)CC[C@H]3[C@@H]1CC2. The highest BCUT2D eigenvalue weighted by atomic mass is 16.7. The van der Waals surface area contributed by atoms with Gasteiger partial charge in [0.05, 0.1) is 5.56 Å². The van der Waals surface area contributed by atoms with Crippen LogP contribution in [0.15, 0.2) is 12.1 Å². The topological polar surface area (TPSA) is 61.8 Å². The lowest BCUT2D eigenvalue weighted by Gasteiger charge is -2.50. The van der Waals surface area contributed by atoms with E-state index in [-0.39, 0.29) is 30.1 Å². The fourth-order valence-electron chi connectivity index (χ4n) is 6.46. The van der Waals surface area contributed by atoms with Crippen molar-refractivity contribution in [2.24, 2.45) is 17.3 Å². The minimum atomic E-state index is -0.164. The summed E-state index contributed by atoms with van der Waals surface area (Å²) in [6.45, 7) is 5.59. The third kappa shape index (κ3) is 3.48. The zero-order valence-corrected chi connectivity index (χ0v) is 18.0. The van der Waals surface area contributed by atoms with Gasteiger partial charge in [0.2, 0.25) is 0 Å². The molecular formula is C24H32O5. The van der Waals surface area contributed by atoms with E-state index in [0.29, 0.717) is 29.1 Å². The van der Waals surface area contributed by atoms with Crippen LogP contribution >= 0.6 is 0 Å². The number of carbonyl (C=O) groups excluding carboxylic acids is 2. The predicted molar refractivity (Wildman–Crippen MR) is 109 cm³/mol. The fraction of sp³-hybridized carbons (Fsp3) is 0.667. The molecule has 0 aliphatic heterocycles. The van der Waals surface area contributed by atoms with Gasteiger partial charge in [-0.25, -0.2) is 0 Å². The van der Waals surface area contributed by atoms with Crippen molar-refractivity contribution < 1.29 is 23.8 Å². The van der Waals surface area contributed by atoms with Crippen molar-refractivity contribution in [3.63, 3.8) is 0 Å². The molecule has 4 rings (SSSR count). The third-order valence-corrected chi connectivity index (χ3v) is 7.76. The number of hydrogen-bond acceptors (Lipinski definition) is 5. The number of rotatable bonds is 5. The highest BCUT2D eigenvalue weighted by molar-refractivity contribution is 5.97. The van der Waals surface area contributed by atoms with Gasteiger partial charge in [-0.2, -0.15) is 0 Å². The van der Waals surface area contributed by atoms with Gasteiger partial charge >= 0.3 is 5.97 Å². The number of ether oxygens (including phenoxy) is 3. The molecule has 0 bridgehead atoms. The summed E-state index contributed by atoms with van der Waals surface area (Å²) in [5.74, 6) is 2.13. The Morgan fingerprint density at radius 1 is 1.14 bits per heavy atom. The molecule has 2 saturated carbocycles. The minimum absolute atomic E-state index is 0.0254. The van der Waals surface area contributed by atoms with E-state index >= 15 is 0 Å². The summed E-state index contributed by atoms with van der Waals surface area (Å²) in [4.78, 5) is 23.9. The zero-order chi connectivity index (χ0) is 20.8. The standard InChI is InChI=1S/C24H32O5/c1-14(25)19-12-20-16(11-22(19)28-13-27-4)5-6-18-17(20)9-10-24(3)21(18)7-8-23(24)29-15(2)26/h11-12,17-18,21,23H,5-10,13H2,1-4H3/t17-,18+,21-,23-,24-/m0/s1. The Bertz CT molecular complexity index is 816. The molecule has 3 aliphatic carbocycles. The van der Waals surface area contributed by atoms with Gasteiger partial charge in [0.1, 0.15) is 11.9 Å². The summed E-state index contributed by atoms with van der Waals surface area (Å²) in [5.41, 5.74) is 3.36. The van der Waals surface area contributed by atoms with Gasteiger partial charge in [-0.3, -0.25) is 9.59 Å². The minimum Gasteiger partial charge on any atom is -0.467 e. The number of esters is 1. The average Bonchev–Trinajstić information content (AvgIpc) is 3.01. The zero-order valence-electron chi connectivity index (χ0n) is 18.0. The molecular weight excluding hydrogens is 368 g/mol. The molecule has 1 aromatic rings. The molecule has 5 heteroatoms. The first kappa shape index (κ1) is 20.4. The van der Waals surface area contributed by atoms with Crippen LogP contribution in [0.1, 0.15) is 80.3 Å². The van der Waals surface area contributed by atoms with Crippen molar-refractivity contribution in [3.8, 4) is 5.75 Å². The van der Waals surface area contributed by atoms with Gasteiger partial charge in [-0.05, 0) is 86.5 Å². The molecule has 0 heterocycles.